The molecule has 0 saturated carbocycles. The van der Waals surface area contributed by atoms with Crippen LogP contribution in [0.2, 0.25) is 0 Å². The SMILES string of the molecule is CC(C)CCCCNC1CS(=O)(=O)c2ccccc21. The minimum absolute atomic E-state index is 0.0275. The maximum atomic E-state index is 12.0. The zero-order chi connectivity index (χ0) is 13.9. The number of hydrogen-bond donors (Lipinski definition) is 1. The van der Waals surface area contributed by atoms with Gasteiger partial charge in [-0.15, -0.1) is 0 Å². The average molecular weight is 281 g/mol. The number of unbranched alkanes of at least 4 members (excludes halogenated alkanes) is 1. The van der Waals surface area contributed by atoms with E-state index in [2.05, 4.69) is 19.2 Å². The van der Waals surface area contributed by atoms with Crippen molar-refractivity contribution in [2.75, 3.05) is 12.3 Å². The lowest BCUT2D eigenvalue weighted by Gasteiger charge is -2.12. The van der Waals surface area contributed by atoms with Crippen LogP contribution < -0.4 is 5.32 Å². The lowest BCUT2D eigenvalue weighted by molar-refractivity contribution is 0.499. The molecule has 0 fully saturated rings. The van der Waals surface area contributed by atoms with Gasteiger partial charge in [0.05, 0.1) is 10.6 Å². The Kier molecular flexibility index (Phi) is 4.63. The summed E-state index contributed by atoms with van der Waals surface area (Å²) in [6, 6.07) is 7.31. The van der Waals surface area contributed by atoms with Crippen LogP contribution in [0, 0.1) is 5.92 Å². The zero-order valence-electron chi connectivity index (χ0n) is 11.7. The predicted octanol–water partition coefficient (Wildman–Crippen LogP) is 2.93. The summed E-state index contributed by atoms with van der Waals surface area (Å²) in [5.74, 6) is 0.948. The summed E-state index contributed by atoms with van der Waals surface area (Å²) < 4.78 is 24.0. The van der Waals surface area contributed by atoms with Crippen molar-refractivity contribution in [3.63, 3.8) is 0 Å². The van der Waals surface area contributed by atoms with Crippen LogP contribution >= 0.6 is 0 Å². The van der Waals surface area contributed by atoms with Gasteiger partial charge in [-0.05, 0) is 30.5 Å². The van der Waals surface area contributed by atoms with Gasteiger partial charge in [0.1, 0.15) is 0 Å². The van der Waals surface area contributed by atoms with Crippen molar-refractivity contribution in [3.8, 4) is 0 Å². The fraction of sp³-hybridized carbons (Fsp3) is 0.600. The van der Waals surface area contributed by atoms with E-state index in [0.717, 1.165) is 24.4 Å². The summed E-state index contributed by atoms with van der Waals surface area (Å²) in [7, 11) is -3.07. The van der Waals surface area contributed by atoms with Gasteiger partial charge < -0.3 is 5.32 Å². The Labute approximate surface area is 116 Å². The molecule has 0 aliphatic carbocycles. The van der Waals surface area contributed by atoms with Gasteiger partial charge in [0.25, 0.3) is 0 Å². The molecule has 1 aromatic rings. The van der Waals surface area contributed by atoms with Gasteiger partial charge >= 0.3 is 0 Å². The van der Waals surface area contributed by atoms with Crippen molar-refractivity contribution in [3.05, 3.63) is 29.8 Å². The van der Waals surface area contributed by atoms with Crippen LogP contribution in [0.25, 0.3) is 0 Å². The van der Waals surface area contributed by atoms with Crippen LogP contribution in [-0.2, 0) is 9.84 Å². The van der Waals surface area contributed by atoms with E-state index in [-0.39, 0.29) is 11.8 Å². The number of sulfone groups is 1. The van der Waals surface area contributed by atoms with Gasteiger partial charge in [0, 0.05) is 6.04 Å². The number of nitrogens with one attached hydrogen (secondary N) is 1. The smallest absolute Gasteiger partial charge is 0.180 e. The third kappa shape index (κ3) is 3.57. The predicted molar refractivity (Wildman–Crippen MR) is 77.9 cm³/mol. The van der Waals surface area contributed by atoms with Crippen molar-refractivity contribution < 1.29 is 8.42 Å². The molecule has 0 aromatic heterocycles. The van der Waals surface area contributed by atoms with Crippen LogP contribution in [0.5, 0.6) is 0 Å². The van der Waals surface area contributed by atoms with Gasteiger partial charge in [-0.1, -0.05) is 44.9 Å². The first-order valence-electron chi connectivity index (χ1n) is 7.06. The molecule has 0 saturated heterocycles. The first-order valence-corrected chi connectivity index (χ1v) is 8.71. The van der Waals surface area contributed by atoms with E-state index in [1.807, 2.05) is 12.1 Å². The van der Waals surface area contributed by atoms with Crippen molar-refractivity contribution in [1.82, 2.24) is 5.32 Å². The third-order valence-corrected chi connectivity index (χ3v) is 5.43. The molecular formula is C15H23NO2S. The molecule has 1 heterocycles. The zero-order valence-corrected chi connectivity index (χ0v) is 12.5. The van der Waals surface area contributed by atoms with Crippen LogP contribution in [0.3, 0.4) is 0 Å². The molecule has 1 aromatic carbocycles. The lowest BCUT2D eigenvalue weighted by atomic mass is 10.1. The van der Waals surface area contributed by atoms with Crippen molar-refractivity contribution in [1.29, 1.82) is 0 Å². The summed E-state index contributed by atoms with van der Waals surface area (Å²) in [6.45, 7) is 5.35. The molecule has 1 aliphatic heterocycles. The van der Waals surface area contributed by atoms with Gasteiger partial charge in [-0.3, -0.25) is 0 Å². The van der Waals surface area contributed by atoms with E-state index < -0.39 is 9.84 Å². The Morgan fingerprint density at radius 1 is 1.26 bits per heavy atom. The fourth-order valence-electron chi connectivity index (χ4n) is 2.57. The van der Waals surface area contributed by atoms with Crippen molar-refractivity contribution in [2.24, 2.45) is 5.92 Å². The first kappa shape index (κ1) is 14.5. The second-order valence-corrected chi connectivity index (χ2v) is 7.72. The maximum absolute atomic E-state index is 12.0. The molecule has 2 rings (SSSR count). The molecule has 1 N–H and O–H groups in total. The molecule has 0 amide bonds. The Morgan fingerprint density at radius 2 is 2.00 bits per heavy atom. The molecular weight excluding hydrogens is 258 g/mol. The minimum atomic E-state index is -3.07. The second-order valence-electron chi connectivity index (χ2n) is 5.72. The van der Waals surface area contributed by atoms with Crippen LogP contribution in [0.4, 0.5) is 0 Å². The second kappa shape index (κ2) is 6.06. The molecule has 3 nitrogen and oxygen atoms in total. The third-order valence-electron chi connectivity index (χ3n) is 3.61. The Hall–Kier alpha value is -0.870. The summed E-state index contributed by atoms with van der Waals surface area (Å²) in [5, 5.41) is 3.39. The lowest BCUT2D eigenvalue weighted by Crippen LogP contribution is -2.23. The highest BCUT2D eigenvalue weighted by Gasteiger charge is 2.33. The Morgan fingerprint density at radius 3 is 2.74 bits per heavy atom. The van der Waals surface area contributed by atoms with Crippen LogP contribution in [0.1, 0.15) is 44.7 Å². The van der Waals surface area contributed by atoms with Crippen molar-refractivity contribution in [2.45, 2.75) is 44.0 Å². The fourth-order valence-corrected chi connectivity index (χ4v) is 4.34. The van der Waals surface area contributed by atoms with E-state index in [1.165, 1.54) is 12.8 Å². The van der Waals surface area contributed by atoms with E-state index >= 15 is 0 Å². The molecule has 4 heteroatoms. The summed E-state index contributed by atoms with van der Waals surface area (Å²) in [4.78, 5) is 0.509. The van der Waals surface area contributed by atoms with E-state index in [0.29, 0.717) is 4.90 Å². The molecule has 0 spiro atoms. The molecule has 0 radical (unpaired) electrons. The maximum Gasteiger partial charge on any atom is 0.180 e. The van der Waals surface area contributed by atoms with E-state index in [1.54, 1.807) is 12.1 Å². The minimum Gasteiger partial charge on any atom is -0.309 e. The van der Waals surface area contributed by atoms with E-state index in [4.69, 9.17) is 0 Å². The van der Waals surface area contributed by atoms with Crippen LogP contribution in [0.15, 0.2) is 29.2 Å². The summed E-state index contributed by atoms with van der Waals surface area (Å²) in [6.07, 6.45) is 3.55. The van der Waals surface area contributed by atoms with Gasteiger partial charge in [-0.2, -0.15) is 0 Å². The highest BCUT2D eigenvalue weighted by molar-refractivity contribution is 7.91. The molecule has 1 atom stereocenters. The van der Waals surface area contributed by atoms with Gasteiger partial charge in [0.15, 0.2) is 9.84 Å². The Bertz CT molecular complexity index is 523. The molecule has 19 heavy (non-hydrogen) atoms. The summed E-state index contributed by atoms with van der Waals surface area (Å²) >= 11 is 0. The van der Waals surface area contributed by atoms with Crippen LogP contribution in [-0.4, -0.2) is 20.7 Å². The first-order chi connectivity index (χ1) is 9.00. The number of hydrogen-bond acceptors (Lipinski definition) is 3. The highest BCUT2D eigenvalue weighted by atomic mass is 32.2. The highest BCUT2D eigenvalue weighted by Crippen LogP contribution is 2.32. The molecule has 0 bridgehead atoms. The molecule has 1 unspecified atom stereocenters. The largest absolute Gasteiger partial charge is 0.309 e. The molecule has 106 valence electrons. The standard InChI is InChI=1S/C15H23NO2S/c1-12(2)7-5-6-10-16-14-11-19(17,18)15-9-4-3-8-13(14)15/h3-4,8-9,12,14,16H,5-7,10-11H2,1-2H3. The monoisotopic (exact) mass is 281 g/mol. The Balaban J connectivity index is 1.90. The van der Waals surface area contributed by atoms with E-state index in [9.17, 15) is 8.42 Å². The average Bonchev–Trinajstić information content (AvgIpc) is 2.61. The van der Waals surface area contributed by atoms with Crippen molar-refractivity contribution >= 4 is 9.84 Å². The topological polar surface area (TPSA) is 46.2 Å². The van der Waals surface area contributed by atoms with Gasteiger partial charge in [0.2, 0.25) is 0 Å². The number of benzene rings is 1. The normalized spacial score (nSPS) is 20.7. The summed E-state index contributed by atoms with van der Waals surface area (Å²) in [5.41, 5.74) is 0.936. The quantitative estimate of drug-likeness (QED) is 0.816. The molecule has 1 aliphatic rings. The van der Waals surface area contributed by atoms with Gasteiger partial charge in [-0.25, -0.2) is 8.42 Å². The number of fused-ring (bicyclic) bond motifs is 1. The number of rotatable bonds is 6.